The Balaban J connectivity index is 1.30. The van der Waals surface area contributed by atoms with Gasteiger partial charge in [0, 0.05) is 26.2 Å². The lowest BCUT2D eigenvalue weighted by molar-refractivity contribution is -0.134. The number of ether oxygens (including phenoxy) is 1. The van der Waals surface area contributed by atoms with E-state index in [4.69, 9.17) is 9.15 Å². The van der Waals surface area contributed by atoms with Gasteiger partial charge in [0.15, 0.2) is 18.6 Å². The van der Waals surface area contributed by atoms with Gasteiger partial charge in [0.1, 0.15) is 11.3 Å². The predicted octanol–water partition coefficient (Wildman–Crippen LogP) is 2.47. The Morgan fingerprint density at radius 1 is 1.11 bits per heavy atom. The summed E-state index contributed by atoms with van der Waals surface area (Å²) in [6.45, 7) is 1.57. The highest BCUT2D eigenvalue weighted by atomic mass is 19.1. The minimum absolute atomic E-state index is 0.276. The van der Waals surface area contributed by atoms with Crippen molar-refractivity contribution in [3.05, 3.63) is 60.2 Å². The van der Waals surface area contributed by atoms with Gasteiger partial charge in [0.2, 0.25) is 0 Å². The minimum atomic E-state index is -0.600. The van der Waals surface area contributed by atoms with Crippen molar-refractivity contribution >= 4 is 28.7 Å². The van der Waals surface area contributed by atoms with Crippen molar-refractivity contribution in [2.45, 2.75) is 0 Å². The van der Waals surface area contributed by atoms with Crippen LogP contribution in [-0.4, -0.2) is 54.5 Å². The first-order valence-electron chi connectivity index (χ1n) is 8.89. The van der Waals surface area contributed by atoms with Crippen LogP contribution >= 0.6 is 0 Å². The van der Waals surface area contributed by atoms with E-state index in [2.05, 4.69) is 4.98 Å². The van der Waals surface area contributed by atoms with Gasteiger partial charge in [-0.2, -0.15) is 0 Å². The molecule has 1 aliphatic rings. The maximum absolute atomic E-state index is 13.9. The Kier molecular flexibility index (Phi) is 4.92. The molecule has 0 saturated carbocycles. The molecule has 3 aromatic rings. The van der Waals surface area contributed by atoms with Gasteiger partial charge in [-0.1, -0.05) is 12.1 Å². The number of nitrogens with zero attached hydrogens (tertiary/aromatic N) is 3. The molecule has 8 heteroatoms. The van der Waals surface area contributed by atoms with Gasteiger partial charge in [0.25, 0.3) is 5.91 Å². The lowest BCUT2D eigenvalue weighted by Gasteiger charge is -2.36. The Morgan fingerprint density at radius 3 is 2.68 bits per heavy atom. The molecule has 1 aliphatic heterocycles. The predicted molar refractivity (Wildman–Crippen MR) is 99.5 cm³/mol. The first-order valence-corrected chi connectivity index (χ1v) is 8.89. The first kappa shape index (κ1) is 18.0. The third kappa shape index (κ3) is 3.66. The summed E-state index contributed by atoms with van der Waals surface area (Å²) in [6.07, 6.45) is 1.30. The number of anilines is 1. The molecule has 0 aliphatic carbocycles. The van der Waals surface area contributed by atoms with E-state index in [1.165, 1.54) is 18.5 Å². The summed E-state index contributed by atoms with van der Waals surface area (Å²) in [4.78, 5) is 32.0. The average Bonchev–Trinajstić information content (AvgIpc) is 3.20. The summed E-state index contributed by atoms with van der Waals surface area (Å²) in [7, 11) is 0. The van der Waals surface area contributed by atoms with Crippen LogP contribution in [0.5, 0.6) is 0 Å². The summed E-state index contributed by atoms with van der Waals surface area (Å²) in [5.74, 6) is -1.15. The number of fused-ring (bicyclic) bond motifs is 1. The van der Waals surface area contributed by atoms with Crippen LogP contribution in [0.4, 0.5) is 10.1 Å². The summed E-state index contributed by atoms with van der Waals surface area (Å²) in [5.41, 5.74) is 1.94. The zero-order valence-corrected chi connectivity index (χ0v) is 15.0. The molecule has 1 fully saturated rings. The van der Waals surface area contributed by atoms with Crippen molar-refractivity contribution in [3.63, 3.8) is 0 Å². The third-order valence-corrected chi connectivity index (χ3v) is 4.72. The number of aromatic nitrogens is 1. The lowest BCUT2D eigenvalue weighted by Crippen LogP contribution is -2.50. The van der Waals surface area contributed by atoms with Gasteiger partial charge in [0.05, 0.1) is 11.3 Å². The number of halogens is 1. The topological polar surface area (TPSA) is 75.9 Å². The van der Waals surface area contributed by atoms with Crippen LogP contribution in [0.15, 0.2) is 53.3 Å². The number of benzene rings is 2. The number of piperazine rings is 1. The molecule has 4 rings (SSSR count). The van der Waals surface area contributed by atoms with E-state index in [1.807, 2.05) is 4.90 Å². The zero-order chi connectivity index (χ0) is 19.5. The van der Waals surface area contributed by atoms with E-state index < -0.39 is 5.97 Å². The molecule has 144 valence electrons. The Labute approximate surface area is 160 Å². The zero-order valence-electron chi connectivity index (χ0n) is 15.0. The smallest absolute Gasteiger partial charge is 0.338 e. The molecule has 1 amide bonds. The van der Waals surface area contributed by atoms with Crippen molar-refractivity contribution in [2.24, 2.45) is 0 Å². The fraction of sp³-hybridized carbons (Fsp3) is 0.250. The molecule has 0 N–H and O–H groups in total. The Morgan fingerprint density at radius 2 is 1.89 bits per heavy atom. The number of rotatable bonds is 4. The largest absolute Gasteiger partial charge is 0.452 e. The van der Waals surface area contributed by atoms with Crippen molar-refractivity contribution in [1.82, 2.24) is 9.88 Å². The Hall–Kier alpha value is -3.42. The van der Waals surface area contributed by atoms with Crippen LogP contribution in [0, 0.1) is 5.82 Å². The highest BCUT2D eigenvalue weighted by molar-refractivity contribution is 5.94. The highest BCUT2D eigenvalue weighted by Gasteiger charge is 2.23. The number of para-hydroxylation sites is 1. The van der Waals surface area contributed by atoms with E-state index in [0.717, 1.165) is 0 Å². The SMILES string of the molecule is O=C(OCC(=O)N1CCN(c2ccccc2F)CC1)c1ccc2ncoc2c1. The number of oxazole rings is 1. The van der Waals surface area contributed by atoms with Crippen molar-refractivity contribution in [1.29, 1.82) is 0 Å². The molecule has 28 heavy (non-hydrogen) atoms. The first-order chi connectivity index (χ1) is 13.6. The summed E-state index contributed by atoms with van der Waals surface area (Å²) in [5, 5.41) is 0. The molecule has 0 unspecified atom stereocenters. The third-order valence-electron chi connectivity index (χ3n) is 4.72. The second kappa shape index (κ2) is 7.67. The molecule has 2 aromatic carbocycles. The van der Waals surface area contributed by atoms with Crippen molar-refractivity contribution in [2.75, 3.05) is 37.7 Å². The van der Waals surface area contributed by atoms with Gasteiger partial charge in [-0.05, 0) is 30.3 Å². The molecule has 2 heterocycles. The van der Waals surface area contributed by atoms with Gasteiger partial charge in [-0.25, -0.2) is 14.2 Å². The molecule has 1 aromatic heterocycles. The van der Waals surface area contributed by atoms with Gasteiger partial charge in [-0.15, -0.1) is 0 Å². The summed E-state index contributed by atoms with van der Waals surface area (Å²) < 4.78 is 24.2. The Bertz CT molecular complexity index is 1010. The van der Waals surface area contributed by atoms with Gasteiger partial charge >= 0.3 is 5.97 Å². The lowest BCUT2D eigenvalue weighted by atomic mass is 10.2. The van der Waals surface area contributed by atoms with E-state index in [1.54, 1.807) is 35.2 Å². The van der Waals surface area contributed by atoms with Crippen LogP contribution in [0.1, 0.15) is 10.4 Å². The molecular weight excluding hydrogens is 365 g/mol. The summed E-state index contributed by atoms with van der Waals surface area (Å²) >= 11 is 0. The van der Waals surface area contributed by atoms with Crippen LogP contribution < -0.4 is 4.90 Å². The van der Waals surface area contributed by atoms with E-state index in [9.17, 15) is 14.0 Å². The summed E-state index contributed by atoms with van der Waals surface area (Å²) in [6, 6.07) is 11.3. The van der Waals surface area contributed by atoms with Crippen LogP contribution in [0.25, 0.3) is 11.1 Å². The van der Waals surface area contributed by atoms with Crippen LogP contribution in [0.3, 0.4) is 0 Å². The van der Waals surface area contributed by atoms with Gasteiger partial charge < -0.3 is 19.0 Å². The minimum Gasteiger partial charge on any atom is -0.452 e. The number of hydrogen-bond acceptors (Lipinski definition) is 6. The normalized spacial score (nSPS) is 14.3. The van der Waals surface area contributed by atoms with Crippen LogP contribution in [0.2, 0.25) is 0 Å². The molecule has 0 spiro atoms. The van der Waals surface area contributed by atoms with Crippen molar-refractivity contribution in [3.8, 4) is 0 Å². The van der Waals surface area contributed by atoms with E-state index >= 15 is 0 Å². The quantitative estimate of drug-likeness (QED) is 0.645. The number of carbonyl (C=O) groups is 2. The number of esters is 1. The van der Waals surface area contributed by atoms with E-state index in [-0.39, 0.29) is 18.3 Å². The average molecular weight is 383 g/mol. The van der Waals surface area contributed by atoms with Crippen molar-refractivity contribution < 1.29 is 23.1 Å². The fourth-order valence-electron chi connectivity index (χ4n) is 3.19. The molecule has 0 atom stereocenters. The fourth-order valence-corrected chi connectivity index (χ4v) is 3.19. The standard InChI is InChI=1S/C20H18FN3O4/c21-15-3-1-2-4-17(15)23-7-9-24(10-8-23)19(25)12-27-20(26)14-5-6-16-18(11-14)28-13-22-16/h1-6,11,13H,7-10,12H2. The highest BCUT2D eigenvalue weighted by Crippen LogP contribution is 2.20. The van der Waals surface area contributed by atoms with Crippen LogP contribution in [-0.2, 0) is 9.53 Å². The number of amides is 1. The molecule has 0 radical (unpaired) electrons. The maximum Gasteiger partial charge on any atom is 0.338 e. The van der Waals surface area contributed by atoms with Gasteiger partial charge in [-0.3, -0.25) is 4.79 Å². The number of hydrogen-bond donors (Lipinski definition) is 0. The molecule has 0 bridgehead atoms. The molecular formula is C20H18FN3O4. The van der Waals surface area contributed by atoms with E-state index in [0.29, 0.717) is 48.5 Å². The molecule has 7 nitrogen and oxygen atoms in total. The maximum atomic E-state index is 13.9. The second-order valence-corrected chi connectivity index (χ2v) is 6.43. The number of carbonyl (C=O) groups excluding carboxylic acids is 2. The second-order valence-electron chi connectivity index (χ2n) is 6.43. The monoisotopic (exact) mass is 383 g/mol. The molecule has 1 saturated heterocycles.